The number of oxazole rings is 1. The number of aryl methyl sites for hydroxylation is 1. The Labute approximate surface area is 127 Å². The Morgan fingerprint density at radius 3 is 3.00 bits per heavy atom. The lowest BCUT2D eigenvalue weighted by molar-refractivity contribution is 0.199. The third kappa shape index (κ3) is 4.52. The predicted octanol–water partition coefficient (Wildman–Crippen LogP) is 3.52. The first kappa shape index (κ1) is 15.4. The third-order valence-corrected chi connectivity index (χ3v) is 3.83. The topological polar surface area (TPSA) is 47.3 Å². The van der Waals surface area contributed by atoms with E-state index in [2.05, 4.69) is 10.3 Å². The maximum atomic E-state index is 6.06. The fraction of sp³-hybridized carbons (Fsp3) is 0.357. The van der Waals surface area contributed by atoms with Crippen molar-refractivity contribution in [3.05, 3.63) is 40.7 Å². The summed E-state index contributed by atoms with van der Waals surface area (Å²) in [6.45, 7) is 4.11. The molecule has 0 aliphatic carbocycles. The number of methoxy groups -OCH3 is 1. The molecule has 1 aromatic carbocycles. The monoisotopic (exact) mass is 312 g/mol. The van der Waals surface area contributed by atoms with E-state index in [1.54, 1.807) is 13.4 Å². The molecule has 20 heavy (non-hydrogen) atoms. The van der Waals surface area contributed by atoms with Gasteiger partial charge in [-0.3, -0.25) is 0 Å². The lowest BCUT2D eigenvalue weighted by Gasteiger charge is -2.09. The van der Waals surface area contributed by atoms with Crippen LogP contribution < -0.4 is 5.32 Å². The van der Waals surface area contributed by atoms with Gasteiger partial charge in [0, 0.05) is 30.1 Å². The summed E-state index contributed by atoms with van der Waals surface area (Å²) in [5, 5.41) is 4.68. The smallest absolute Gasteiger partial charge is 0.260 e. The van der Waals surface area contributed by atoms with Gasteiger partial charge in [-0.05, 0) is 42.4 Å². The van der Waals surface area contributed by atoms with Gasteiger partial charge in [0.25, 0.3) is 5.22 Å². The van der Waals surface area contributed by atoms with Crippen molar-refractivity contribution in [3.63, 3.8) is 0 Å². The van der Waals surface area contributed by atoms with E-state index in [0.717, 1.165) is 34.3 Å². The van der Waals surface area contributed by atoms with E-state index in [1.165, 1.54) is 11.8 Å². The van der Waals surface area contributed by atoms with E-state index in [1.807, 2.05) is 25.1 Å². The lowest BCUT2D eigenvalue weighted by atomic mass is 10.2. The maximum Gasteiger partial charge on any atom is 0.260 e. The lowest BCUT2D eigenvalue weighted by Crippen LogP contribution is -2.18. The Balaban J connectivity index is 2.06. The second-order valence-corrected chi connectivity index (χ2v) is 5.71. The molecule has 0 bridgehead atoms. The molecule has 0 fully saturated rings. The third-order valence-electron chi connectivity index (χ3n) is 2.62. The van der Waals surface area contributed by atoms with Gasteiger partial charge in [0.1, 0.15) is 6.26 Å². The van der Waals surface area contributed by atoms with E-state index in [4.69, 9.17) is 20.8 Å². The predicted molar refractivity (Wildman–Crippen MR) is 80.4 cm³/mol. The molecule has 4 nitrogen and oxygen atoms in total. The summed E-state index contributed by atoms with van der Waals surface area (Å²) < 4.78 is 10.4. The van der Waals surface area contributed by atoms with Crippen LogP contribution >= 0.6 is 23.4 Å². The summed E-state index contributed by atoms with van der Waals surface area (Å²) >= 11 is 7.56. The molecule has 108 valence electrons. The van der Waals surface area contributed by atoms with Crippen LogP contribution in [0.2, 0.25) is 5.02 Å². The molecule has 0 spiro atoms. The Bertz CT molecular complexity index is 560. The SMILES string of the molecule is COCCNCc1cc(Cl)ccc1Sc1nc(C)co1. The highest BCUT2D eigenvalue weighted by Crippen LogP contribution is 2.31. The summed E-state index contributed by atoms with van der Waals surface area (Å²) in [6.07, 6.45) is 1.65. The average Bonchev–Trinajstić information content (AvgIpc) is 2.83. The van der Waals surface area contributed by atoms with Crippen LogP contribution in [0.3, 0.4) is 0 Å². The van der Waals surface area contributed by atoms with Crippen LogP contribution in [0.4, 0.5) is 0 Å². The van der Waals surface area contributed by atoms with Crippen LogP contribution in [-0.4, -0.2) is 25.2 Å². The zero-order valence-corrected chi connectivity index (χ0v) is 13.1. The number of nitrogens with one attached hydrogen (secondary N) is 1. The van der Waals surface area contributed by atoms with Gasteiger partial charge in [0.15, 0.2) is 0 Å². The average molecular weight is 313 g/mol. The van der Waals surface area contributed by atoms with Crippen molar-refractivity contribution in [2.24, 2.45) is 0 Å². The quantitative estimate of drug-likeness (QED) is 0.793. The van der Waals surface area contributed by atoms with Crippen LogP contribution in [0.1, 0.15) is 11.3 Å². The highest BCUT2D eigenvalue weighted by molar-refractivity contribution is 7.99. The van der Waals surface area contributed by atoms with E-state index < -0.39 is 0 Å². The number of hydrogen-bond donors (Lipinski definition) is 1. The summed E-state index contributed by atoms with van der Waals surface area (Å²) in [7, 11) is 1.69. The number of hydrogen-bond acceptors (Lipinski definition) is 5. The number of benzene rings is 1. The Kier molecular flexibility index (Phi) is 5.91. The molecule has 6 heteroatoms. The molecule has 0 radical (unpaired) electrons. The highest BCUT2D eigenvalue weighted by Gasteiger charge is 2.09. The first-order chi connectivity index (χ1) is 9.69. The van der Waals surface area contributed by atoms with Gasteiger partial charge < -0.3 is 14.5 Å². The number of ether oxygens (including phenoxy) is 1. The number of aromatic nitrogens is 1. The number of halogens is 1. The summed E-state index contributed by atoms with van der Waals surface area (Å²) in [6, 6.07) is 5.82. The molecule has 1 aromatic heterocycles. The maximum absolute atomic E-state index is 6.06. The molecule has 0 unspecified atom stereocenters. The van der Waals surface area contributed by atoms with Gasteiger partial charge in [0.2, 0.25) is 0 Å². The molecule has 0 atom stereocenters. The van der Waals surface area contributed by atoms with Crippen molar-refractivity contribution < 1.29 is 9.15 Å². The molecule has 0 saturated carbocycles. The minimum atomic E-state index is 0.642. The van der Waals surface area contributed by atoms with E-state index in [9.17, 15) is 0 Å². The first-order valence-corrected chi connectivity index (χ1v) is 7.46. The summed E-state index contributed by atoms with van der Waals surface area (Å²) in [4.78, 5) is 5.39. The van der Waals surface area contributed by atoms with Gasteiger partial charge in [-0.25, -0.2) is 4.98 Å². The highest BCUT2D eigenvalue weighted by atomic mass is 35.5. The van der Waals surface area contributed by atoms with E-state index >= 15 is 0 Å². The fourth-order valence-electron chi connectivity index (χ4n) is 1.66. The molecule has 0 aliphatic heterocycles. The van der Waals surface area contributed by atoms with Crippen molar-refractivity contribution >= 4 is 23.4 Å². The Morgan fingerprint density at radius 1 is 1.45 bits per heavy atom. The van der Waals surface area contributed by atoms with Gasteiger partial charge in [-0.1, -0.05) is 11.6 Å². The van der Waals surface area contributed by atoms with E-state index in [0.29, 0.717) is 11.8 Å². The molecule has 0 aliphatic rings. The van der Waals surface area contributed by atoms with Gasteiger partial charge >= 0.3 is 0 Å². The van der Waals surface area contributed by atoms with Crippen molar-refractivity contribution in [1.29, 1.82) is 0 Å². The van der Waals surface area contributed by atoms with Gasteiger partial charge in [-0.2, -0.15) is 0 Å². The van der Waals surface area contributed by atoms with Crippen LogP contribution in [0.15, 0.2) is 39.0 Å². The molecule has 1 heterocycles. The molecule has 0 amide bonds. The molecular weight excluding hydrogens is 296 g/mol. The van der Waals surface area contributed by atoms with Crippen LogP contribution in [0.5, 0.6) is 0 Å². The van der Waals surface area contributed by atoms with Crippen molar-refractivity contribution in [2.75, 3.05) is 20.3 Å². The molecule has 1 N–H and O–H groups in total. The Morgan fingerprint density at radius 2 is 2.30 bits per heavy atom. The fourth-order valence-corrected chi connectivity index (χ4v) is 2.72. The van der Waals surface area contributed by atoms with Crippen molar-refractivity contribution in [3.8, 4) is 0 Å². The van der Waals surface area contributed by atoms with Crippen LogP contribution in [0, 0.1) is 6.92 Å². The Hall–Kier alpha value is -1.01. The van der Waals surface area contributed by atoms with E-state index in [-0.39, 0.29) is 0 Å². The van der Waals surface area contributed by atoms with Crippen molar-refractivity contribution in [2.45, 2.75) is 23.6 Å². The minimum Gasteiger partial charge on any atom is -0.439 e. The second kappa shape index (κ2) is 7.69. The van der Waals surface area contributed by atoms with Crippen LogP contribution in [0.25, 0.3) is 0 Å². The molecular formula is C14H17ClN2O2S. The van der Waals surface area contributed by atoms with Crippen LogP contribution in [-0.2, 0) is 11.3 Å². The first-order valence-electron chi connectivity index (χ1n) is 6.27. The van der Waals surface area contributed by atoms with Crippen molar-refractivity contribution in [1.82, 2.24) is 10.3 Å². The second-order valence-electron chi connectivity index (χ2n) is 4.28. The standard InChI is InChI=1S/C14H17ClN2O2S/c1-10-9-19-14(17-10)20-13-4-3-12(15)7-11(13)8-16-5-6-18-2/h3-4,7,9,16H,5-6,8H2,1-2H3. The molecule has 2 aromatic rings. The summed E-state index contributed by atoms with van der Waals surface area (Å²) in [5.41, 5.74) is 2.00. The van der Waals surface area contributed by atoms with Gasteiger partial charge in [0.05, 0.1) is 12.3 Å². The number of rotatable bonds is 7. The molecule has 2 rings (SSSR count). The zero-order valence-electron chi connectivity index (χ0n) is 11.5. The zero-order chi connectivity index (χ0) is 14.4. The molecule has 0 saturated heterocycles. The summed E-state index contributed by atoms with van der Waals surface area (Å²) in [5.74, 6) is 0. The van der Waals surface area contributed by atoms with Gasteiger partial charge in [-0.15, -0.1) is 0 Å². The minimum absolute atomic E-state index is 0.642. The normalized spacial score (nSPS) is 10.9. The number of nitrogens with zero attached hydrogens (tertiary/aromatic N) is 1. The largest absolute Gasteiger partial charge is 0.439 e.